The lowest BCUT2D eigenvalue weighted by atomic mass is 9.75. The number of dihydropyridines is 1. The number of nitro groups is 1. The van der Waals surface area contributed by atoms with Crippen LogP contribution in [-0.2, 0) is 23.1 Å². The Morgan fingerprint density at radius 3 is 2.45 bits per heavy atom. The van der Waals surface area contributed by atoms with Gasteiger partial charge in [0.25, 0.3) is 5.69 Å². The maximum atomic E-state index is 14.1. The molecule has 10 heteroatoms. The Labute approximate surface area is 192 Å². The zero-order valence-electron chi connectivity index (χ0n) is 19.1. The van der Waals surface area contributed by atoms with Gasteiger partial charge >= 0.3 is 13.6 Å². The average Bonchev–Trinajstić information content (AvgIpc) is 2.81. The van der Waals surface area contributed by atoms with Gasteiger partial charge in [0, 0.05) is 28.9 Å². The van der Waals surface area contributed by atoms with Crippen LogP contribution in [0.25, 0.3) is 0 Å². The van der Waals surface area contributed by atoms with Crippen molar-refractivity contribution in [2.75, 3.05) is 20.3 Å². The van der Waals surface area contributed by atoms with E-state index in [9.17, 15) is 19.5 Å². The van der Waals surface area contributed by atoms with Crippen molar-refractivity contribution in [3.05, 3.63) is 62.2 Å². The molecule has 0 radical (unpaired) electrons. The second kappa shape index (κ2) is 9.05. The first-order valence-electron chi connectivity index (χ1n) is 11.1. The Balaban J connectivity index is 1.79. The van der Waals surface area contributed by atoms with Gasteiger partial charge in [0.2, 0.25) is 0 Å². The number of carbonyl (C=O) groups is 1. The van der Waals surface area contributed by atoms with E-state index in [4.69, 9.17) is 13.8 Å². The van der Waals surface area contributed by atoms with Gasteiger partial charge in [-0.1, -0.05) is 31.4 Å². The van der Waals surface area contributed by atoms with E-state index in [0.717, 1.165) is 25.7 Å². The largest absolute Gasteiger partial charge is 0.466 e. The molecule has 4 rings (SSSR count). The molecule has 1 saturated carbocycles. The molecule has 1 unspecified atom stereocenters. The van der Waals surface area contributed by atoms with Gasteiger partial charge in [-0.2, -0.15) is 0 Å². The third-order valence-electron chi connectivity index (χ3n) is 6.84. The summed E-state index contributed by atoms with van der Waals surface area (Å²) < 4.78 is 31.2. The molecule has 2 aliphatic heterocycles. The molecule has 0 bridgehead atoms. The molecule has 0 amide bonds. The number of esters is 1. The lowest BCUT2D eigenvalue weighted by Crippen LogP contribution is -2.38. The molecule has 1 aromatic carbocycles. The van der Waals surface area contributed by atoms with Crippen LogP contribution in [-0.4, -0.2) is 31.2 Å². The van der Waals surface area contributed by atoms with Crippen LogP contribution in [0, 0.1) is 15.5 Å². The van der Waals surface area contributed by atoms with Gasteiger partial charge in [-0.3, -0.25) is 14.7 Å². The quantitative estimate of drug-likeness (QED) is 0.274. The number of allylic oxidation sites excluding steroid dienone is 3. The summed E-state index contributed by atoms with van der Waals surface area (Å²) in [5, 5.41) is 14.8. The zero-order valence-corrected chi connectivity index (χ0v) is 20.0. The fraction of sp³-hybridized carbons (Fsp3) is 0.522. The van der Waals surface area contributed by atoms with Crippen LogP contribution < -0.4 is 5.32 Å². The van der Waals surface area contributed by atoms with E-state index in [1.54, 1.807) is 26.0 Å². The number of nitrogens with zero attached hydrogens (tertiary/aromatic N) is 1. The van der Waals surface area contributed by atoms with Crippen molar-refractivity contribution in [1.29, 1.82) is 0 Å². The van der Waals surface area contributed by atoms with Gasteiger partial charge in [-0.05, 0) is 32.3 Å². The van der Waals surface area contributed by atoms with Crippen LogP contribution >= 0.6 is 7.60 Å². The first-order valence-corrected chi connectivity index (χ1v) is 12.6. The van der Waals surface area contributed by atoms with E-state index in [0.29, 0.717) is 35.5 Å². The number of ether oxygens (including phenoxy) is 1. The molecular weight excluding hydrogens is 447 g/mol. The molecule has 33 heavy (non-hydrogen) atoms. The molecule has 3 aliphatic rings. The minimum atomic E-state index is -3.81. The van der Waals surface area contributed by atoms with Crippen molar-refractivity contribution < 1.29 is 28.1 Å². The summed E-state index contributed by atoms with van der Waals surface area (Å²) in [7, 11) is -2.54. The van der Waals surface area contributed by atoms with Crippen LogP contribution in [0.4, 0.5) is 5.69 Å². The minimum Gasteiger partial charge on any atom is -0.466 e. The highest BCUT2D eigenvalue weighted by Crippen LogP contribution is 2.67. The summed E-state index contributed by atoms with van der Waals surface area (Å²) in [6, 6.07) is 5.98. The average molecular weight is 476 g/mol. The SMILES string of the molecule is COC(=O)C1=C(C)NC(C)=C(P2(=O)OCC3(CCCCC3)CO2)C1c1cccc([N+](=O)[O-])c1. The number of hydrogen-bond donors (Lipinski definition) is 1. The maximum absolute atomic E-state index is 14.1. The topological polar surface area (TPSA) is 117 Å². The predicted molar refractivity (Wildman–Crippen MR) is 121 cm³/mol. The monoisotopic (exact) mass is 476 g/mol. The van der Waals surface area contributed by atoms with Gasteiger partial charge < -0.3 is 19.1 Å². The highest BCUT2D eigenvalue weighted by Gasteiger charge is 2.50. The minimum absolute atomic E-state index is 0.130. The van der Waals surface area contributed by atoms with Crippen LogP contribution in [0.15, 0.2) is 46.5 Å². The molecule has 1 saturated heterocycles. The molecule has 9 nitrogen and oxygen atoms in total. The van der Waals surface area contributed by atoms with Crippen molar-refractivity contribution in [3.63, 3.8) is 0 Å². The maximum Gasteiger partial charge on any atom is 0.360 e. The summed E-state index contributed by atoms with van der Waals surface area (Å²) in [4.78, 5) is 23.7. The number of hydrogen-bond acceptors (Lipinski definition) is 8. The van der Waals surface area contributed by atoms with E-state index in [1.807, 2.05) is 0 Å². The van der Waals surface area contributed by atoms with E-state index >= 15 is 0 Å². The molecule has 1 aliphatic carbocycles. The first kappa shape index (κ1) is 23.7. The van der Waals surface area contributed by atoms with Crippen LogP contribution in [0.5, 0.6) is 0 Å². The number of nitrogens with one attached hydrogen (secondary N) is 1. The third-order valence-corrected chi connectivity index (χ3v) is 8.96. The van der Waals surface area contributed by atoms with Gasteiger partial charge in [0.05, 0.1) is 42.1 Å². The number of nitro benzene ring substituents is 1. The lowest BCUT2D eigenvalue weighted by molar-refractivity contribution is -0.384. The van der Waals surface area contributed by atoms with E-state index in [2.05, 4.69) is 5.32 Å². The summed E-state index contributed by atoms with van der Waals surface area (Å²) >= 11 is 0. The van der Waals surface area contributed by atoms with Crippen LogP contribution in [0.2, 0.25) is 0 Å². The standard InChI is InChI=1S/C23H29N2O7P/c1-15-19(22(26)30-3)20(17-8-7-9-18(12-17)25(27)28)21(16(2)24-15)33(29)31-13-23(14-32-33)10-5-4-6-11-23/h7-9,12,20,24H,4-6,10-11,13-14H2,1-3H3. The predicted octanol–water partition coefficient (Wildman–Crippen LogP) is 5.15. The van der Waals surface area contributed by atoms with Gasteiger partial charge in [0.1, 0.15) is 0 Å². The van der Waals surface area contributed by atoms with Gasteiger partial charge in [-0.25, -0.2) is 4.79 Å². The molecule has 2 heterocycles. The lowest BCUT2D eigenvalue weighted by Gasteiger charge is -2.44. The van der Waals surface area contributed by atoms with Crippen molar-refractivity contribution >= 4 is 19.3 Å². The Morgan fingerprint density at radius 1 is 1.18 bits per heavy atom. The fourth-order valence-electron chi connectivity index (χ4n) is 5.12. The summed E-state index contributed by atoms with van der Waals surface area (Å²) in [5.41, 5.74) is 1.46. The summed E-state index contributed by atoms with van der Waals surface area (Å²) in [6.07, 6.45) is 5.28. The second-order valence-corrected chi connectivity index (χ2v) is 11.0. The Hall–Kier alpha value is -2.48. The Morgan fingerprint density at radius 2 is 1.85 bits per heavy atom. The number of methoxy groups -OCH3 is 1. The van der Waals surface area contributed by atoms with Crippen LogP contribution in [0.3, 0.4) is 0 Å². The number of non-ortho nitro benzene ring substituents is 1. The first-order chi connectivity index (χ1) is 15.7. The Bertz CT molecular complexity index is 1070. The van der Waals surface area contributed by atoms with E-state index in [-0.39, 0.29) is 16.7 Å². The van der Waals surface area contributed by atoms with Gasteiger partial charge in [-0.15, -0.1) is 0 Å². The smallest absolute Gasteiger partial charge is 0.360 e. The van der Waals surface area contributed by atoms with Crippen molar-refractivity contribution in [2.45, 2.75) is 51.9 Å². The van der Waals surface area contributed by atoms with Crippen molar-refractivity contribution in [3.8, 4) is 0 Å². The highest BCUT2D eigenvalue weighted by atomic mass is 31.2. The fourth-order valence-corrected chi connectivity index (χ4v) is 7.42. The molecular formula is C23H29N2O7P. The second-order valence-electron chi connectivity index (χ2n) is 9.06. The number of rotatable bonds is 4. The number of carbonyl (C=O) groups excluding carboxylic acids is 1. The third kappa shape index (κ3) is 4.37. The normalized spacial score (nSPS) is 24.4. The molecule has 1 aromatic rings. The molecule has 1 spiro atoms. The molecule has 1 N–H and O–H groups in total. The van der Waals surface area contributed by atoms with E-state index < -0.39 is 24.4 Å². The van der Waals surface area contributed by atoms with Crippen LogP contribution in [0.1, 0.15) is 57.4 Å². The highest BCUT2D eigenvalue weighted by molar-refractivity contribution is 7.58. The van der Waals surface area contributed by atoms with Crippen molar-refractivity contribution in [2.24, 2.45) is 5.41 Å². The molecule has 0 aromatic heterocycles. The van der Waals surface area contributed by atoms with Crippen molar-refractivity contribution in [1.82, 2.24) is 5.32 Å². The summed E-state index contributed by atoms with van der Waals surface area (Å²) in [6.45, 7) is 4.10. The Kier molecular flexibility index (Phi) is 6.49. The number of benzene rings is 1. The van der Waals surface area contributed by atoms with E-state index in [1.165, 1.54) is 25.7 Å². The summed E-state index contributed by atoms with van der Waals surface area (Å²) in [5.74, 6) is -1.49. The molecule has 1 atom stereocenters. The van der Waals surface area contributed by atoms with Gasteiger partial charge in [0.15, 0.2) is 0 Å². The molecule has 2 fully saturated rings. The zero-order chi connectivity index (χ0) is 23.8. The molecule has 178 valence electrons.